The van der Waals surface area contributed by atoms with Crippen LogP contribution in [0.2, 0.25) is 0 Å². The van der Waals surface area contributed by atoms with Crippen LogP contribution in [0.3, 0.4) is 0 Å². The Kier molecular flexibility index (Phi) is 3.69. The molecule has 0 spiro atoms. The number of benzene rings is 1. The molecule has 3 heteroatoms. The van der Waals surface area contributed by atoms with Gasteiger partial charge in [0.25, 0.3) is 0 Å². The minimum absolute atomic E-state index is 0.00597. The van der Waals surface area contributed by atoms with Crippen LogP contribution in [-0.4, -0.2) is 10.9 Å². The largest absolute Gasteiger partial charge is 0.508 e. The number of carbonyl (C=O) groups excluding carboxylic acids is 1. The van der Waals surface area contributed by atoms with Crippen LogP contribution in [0.15, 0.2) is 18.2 Å². The van der Waals surface area contributed by atoms with Gasteiger partial charge in [0.1, 0.15) is 16.4 Å². The maximum atomic E-state index is 11.1. The van der Waals surface area contributed by atoms with E-state index in [1.807, 2.05) is 19.1 Å². The number of halogens is 1. The molecule has 0 aliphatic rings. The Labute approximate surface area is 92.1 Å². The summed E-state index contributed by atoms with van der Waals surface area (Å²) < 4.78 is 0. The second-order valence-electron chi connectivity index (χ2n) is 3.22. The molecule has 0 heterocycles. The number of hydrogen-bond donors (Lipinski definition) is 1. The molecule has 0 aliphatic carbocycles. The third-order valence-corrected chi connectivity index (χ3v) is 3.27. The highest BCUT2D eigenvalue weighted by Crippen LogP contribution is 2.31. The summed E-state index contributed by atoms with van der Waals surface area (Å²) in [6.07, 6.45) is 0.894. The van der Waals surface area contributed by atoms with Gasteiger partial charge >= 0.3 is 0 Å². The molecule has 0 aromatic heterocycles. The lowest BCUT2D eigenvalue weighted by Crippen LogP contribution is -2.01. The molecule has 1 N–H and O–H groups in total. The summed E-state index contributed by atoms with van der Waals surface area (Å²) in [5.41, 5.74) is 1.76. The first-order valence-electron chi connectivity index (χ1n) is 4.52. The first-order valence-corrected chi connectivity index (χ1v) is 5.44. The predicted octanol–water partition coefficient (Wildman–Crippen LogP) is 2.98. The van der Waals surface area contributed by atoms with Gasteiger partial charge < -0.3 is 5.11 Å². The molecule has 2 nitrogen and oxygen atoms in total. The monoisotopic (exact) mass is 256 g/mol. The molecule has 1 aromatic carbocycles. The standard InChI is InChI=1S/C11H13BrO2/c1-3-8-4-5-10(14)9(6-8)11(12)7(2)13/h4-6,11,14H,3H2,1-2H3. The van der Waals surface area contributed by atoms with Crippen LogP contribution in [0.4, 0.5) is 0 Å². The van der Waals surface area contributed by atoms with E-state index < -0.39 is 4.83 Å². The summed E-state index contributed by atoms with van der Waals surface area (Å²) >= 11 is 3.25. The lowest BCUT2D eigenvalue weighted by Gasteiger charge is -2.10. The fraction of sp³-hybridized carbons (Fsp3) is 0.364. The van der Waals surface area contributed by atoms with Gasteiger partial charge in [0.15, 0.2) is 0 Å². The van der Waals surface area contributed by atoms with Crippen molar-refractivity contribution >= 4 is 21.7 Å². The van der Waals surface area contributed by atoms with Crippen molar-refractivity contribution in [2.45, 2.75) is 25.1 Å². The van der Waals surface area contributed by atoms with Crippen LogP contribution in [0.25, 0.3) is 0 Å². The van der Waals surface area contributed by atoms with Gasteiger partial charge in [-0.1, -0.05) is 35.0 Å². The fourth-order valence-corrected chi connectivity index (χ4v) is 1.61. The minimum atomic E-state index is -0.408. The van der Waals surface area contributed by atoms with Crippen LogP contribution in [-0.2, 0) is 11.2 Å². The first kappa shape index (κ1) is 11.2. The van der Waals surface area contributed by atoms with Crippen molar-refractivity contribution in [3.63, 3.8) is 0 Å². The number of alkyl halides is 1. The van der Waals surface area contributed by atoms with Crippen LogP contribution in [0.5, 0.6) is 5.75 Å². The van der Waals surface area contributed by atoms with E-state index in [4.69, 9.17) is 0 Å². The Bertz CT molecular complexity index is 347. The molecule has 1 aromatic rings. The molecule has 0 amide bonds. The van der Waals surface area contributed by atoms with Gasteiger partial charge in [0.2, 0.25) is 0 Å². The topological polar surface area (TPSA) is 37.3 Å². The number of rotatable bonds is 3. The Morgan fingerprint density at radius 2 is 2.21 bits per heavy atom. The zero-order valence-electron chi connectivity index (χ0n) is 8.25. The number of aryl methyl sites for hydroxylation is 1. The first-order chi connectivity index (χ1) is 6.56. The van der Waals surface area contributed by atoms with Gasteiger partial charge in [-0.2, -0.15) is 0 Å². The highest BCUT2D eigenvalue weighted by Gasteiger charge is 2.16. The predicted molar refractivity (Wildman–Crippen MR) is 59.8 cm³/mol. The summed E-state index contributed by atoms with van der Waals surface area (Å²) in [6, 6.07) is 5.35. The summed E-state index contributed by atoms with van der Waals surface area (Å²) in [4.78, 5) is 10.7. The van der Waals surface area contributed by atoms with E-state index in [9.17, 15) is 9.90 Å². The summed E-state index contributed by atoms with van der Waals surface area (Å²) in [5.74, 6) is 0.160. The fourth-order valence-electron chi connectivity index (χ4n) is 1.25. The number of aromatic hydroxyl groups is 1. The van der Waals surface area contributed by atoms with Gasteiger partial charge in [0.05, 0.1) is 0 Å². The smallest absolute Gasteiger partial charge is 0.147 e. The van der Waals surface area contributed by atoms with Crippen molar-refractivity contribution in [3.05, 3.63) is 29.3 Å². The van der Waals surface area contributed by atoms with E-state index in [1.54, 1.807) is 6.07 Å². The van der Waals surface area contributed by atoms with Gasteiger partial charge in [-0.3, -0.25) is 4.79 Å². The van der Waals surface area contributed by atoms with E-state index in [2.05, 4.69) is 15.9 Å². The second-order valence-corrected chi connectivity index (χ2v) is 4.14. The SMILES string of the molecule is CCc1ccc(O)c(C(Br)C(C)=O)c1. The lowest BCUT2D eigenvalue weighted by molar-refractivity contribution is -0.116. The lowest BCUT2D eigenvalue weighted by atomic mass is 10.0. The normalized spacial score (nSPS) is 12.5. The van der Waals surface area contributed by atoms with E-state index in [-0.39, 0.29) is 11.5 Å². The summed E-state index contributed by atoms with van der Waals surface area (Å²) in [7, 11) is 0. The quantitative estimate of drug-likeness (QED) is 0.845. The molecule has 0 saturated carbocycles. The zero-order chi connectivity index (χ0) is 10.7. The van der Waals surface area contributed by atoms with Crippen molar-refractivity contribution in [3.8, 4) is 5.75 Å². The molecule has 0 saturated heterocycles. The molecule has 0 fully saturated rings. The summed E-state index contributed by atoms with van der Waals surface area (Å²) in [5, 5.41) is 9.57. The number of hydrogen-bond acceptors (Lipinski definition) is 2. The summed E-state index contributed by atoms with van der Waals surface area (Å²) in [6.45, 7) is 3.53. The maximum Gasteiger partial charge on any atom is 0.147 e. The van der Waals surface area contributed by atoms with Crippen molar-refractivity contribution in [1.29, 1.82) is 0 Å². The average molecular weight is 257 g/mol. The van der Waals surface area contributed by atoms with Gasteiger partial charge in [-0.05, 0) is 25.0 Å². The Balaban J connectivity index is 3.11. The molecular formula is C11H13BrO2. The van der Waals surface area contributed by atoms with Crippen LogP contribution >= 0.6 is 15.9 Å². The van der Waals surface area contributed by atoms with Crippen LogP contribution < -0.4 is 0 Å². The van der Waals surface area contributed by atoms with Gasteiger partial charge in [0, 0.05) is 5.56 Å². The van der Waals surface area contributed by atoms with Crippen molar-refractivity contribution < 1.29 is 9.90 Å². The molecule has 1 unspecified atom stereocenters. The Morgan fingerprint density at radius 3 is 2.71 bits per heavy atom. The molecule has 14 heavy (non-hydrogen) atoms. The van der Waals surface area contributed by atoms with Gasteiger partial charge in [-0.25, -0.2) is 0 Å². The molecule has 0 bridgehead atoms. The molecular weight excluding hydrogens is 244 g/mol. The minimum Gasteiger partial charge on any atom is -0.508 e. The third kappa shape index (κ3) is 2.35. The number of phenols is 1. The highest BCUT2D eigenvalue weighted by atomic mass is 79.9. The van der Waals surface area contributed by atoms with E-state index in [1.165, 1.54) is 6.92 Å². The maximum absolute atomic E-state index is 11.1. The van der Waals surface area contributed by atoms with E-state index in [0.29, 0.717) is 5.56 Å². The number of phenolic OH excluding ortho intramolecular Hbond substituents is 1. The average Bonchev–Trinajstić information content (AvgIpc) is 2.17. The van der Waals surface area contributed by atoms with Crippen molar-refractivity contribution in [2.75, 3.05) is 0 Å². The Hall–Kier alpha value is -0.830. The molecule has 1 rings (SSSR count). The van der Waals surface area contributed by atoms with Crippen molar-refractivity contribution in [1.82, 2.24) is 0 Å². The van der Waals surface area contributed by atoms with E-state index >= 15 is 0 Å². The van der Waals surface area contributed by atoms with Crippen LogP contribution in [0, 0.1) is 0 Å². The van der Waals surface area contributed by atoms with Crippen LogP contribution in [0.1, 0.15) is 29.8 Å². The third-order valence-electron chi connectivity index (χ3n) is 2.13. The van der Waals surface area contributed by atoms with Crippen molar-refractivity contribution in [2.24, 2.45) is 0 Å². The zero-order valence-corrected chi connectivity index (χ0v) is 9.84. The Morgan fingerprint density at radius 1 is 1.57 bits per heavy atom. The molecule has 1 atom stereocenters. The molecule has 0 aliphatic heterocycles. The molecule has 76 valence electrons. The number of carbonyl (C=O) groups is 1. The number of Topliss-reactive ketones (excluding diaryl/α,β-unsaturated/α-hetero) is 1. The second kappa shape index (κ2) is 4.60. The van der Waals surface area contributed by atoms with E-state index in [0.717, 1.165) is 12.0 Å². The molecule has 0 radical (unpaired) electrons. The van der Waals surface area contributed by atoms with Gasteiger partial charge in [-0.15, -0.1) is 0 Å². The number of ketones is 1. The highest BCUT2D eigenvalue weighted by molar-refractivity contribution is 9.09.